The Bertz CT molecular complexity index is 517. The highest BCUT2D eigenvalue weighted by Gasteiger charge is 2.09. The summed E-state index contributed by atoms with van der Waals surface area (Å²) in [5, 5.41) is 4.14. The zero-order chi connectivity index (χ0) is 12.4. The van der Waals surface area contributed by atoms with E-state index in [9.17, 15) is 0 Å². The average Bonchev–Trinajstić information content (AvgIpc) is 2.75. The topological polar surface area (TPSA) is 97.8 Å². The van der Waals surface area contributed by atoms with E-state index < -0.39 is 0 Å². The summed E-state index contributed by atoms with van der Waals surface area (Å²) in [5.41, 5.74) is 3.44. The molecule has 0 amide bonds. The fraction of sp³-hybridized carbons (Fsp3) is 0.333. The van der Waals surface area contributed by atoms with Crippen LogP contribution in [0.25, 0.3) is 5.95 Å². The van der Waals surface area contributed by atoms with E-state index in [-0.39, 0.29) is 0 Å². The molecule has 0 spiro atoms. The van der Waals surface area contributed by atoms with E-state index in [0.717, 1.165) is 5.56 Å². The Kier molecular flexibility index (Phi) is 2.88. The van der Waals surface area contributed by atoms with E-state index in [0.29, 0.717) is 17.8 Å². The Morgan fingerprint density at radius 1 is 1.29 bits per heavy atom. The Morgan fingerprint density at radius 3 is 2.59 bits per heavy atom. The minimum absolute atomic E-state index is 0.298. The van der Waals surface area contributed by atoms with Crippen LogP contribution in [0.15, 0.2) is 12.4 Å². The highest BCUT2D eigenvalue weighted by Crippen LogP contribution is 2.10. The van der Waals surface area contributed by atoms with Gasteiger partial charge in [0.1, 0.15) is 0 Å². The molecule has 0 aliphatic heterocycles. The van der Waals surface area contributed by atoms with Crippen molar-refractivity contribution in [1.29, 1.82) is 0 Å². The lowest BCUT2D eigenvalue weighted by molar-refractivity contribution is 0.788. The molecule has 0 saturated heterocycles. The van der Waals surface area contributed by atoms with E-state index in [1.54, 1.807) is 15.8 Å². The van der Waals surface area contributed by atoms with Crippen molar-refractivity contribution in [3.8, 4) is 5.95 Å². The third kappa shape index (κ3) is 2.31. The number of anilines is 2. The first kappa shape index (κ1) is 11.3. The van der Waals surface area contributed by atoms with Crippen LogP contribution in [0.1, 0.15) is 5.56 Å². The lowest BCUT2D eigenvalue weighted by atomic mass is 10.4. The molecule has 0 bridgehead atoms. The molecule has 2 aromatic heterocycles. The van der Waals surface area contributed by atoms with Crippen molar-refractivity contribution in [3.05, 3.63) is 18.0 Å². The lowest BCUT2D eigenvalue weighted by Gasteiger charge is -2.12. The monoisotopic (exact) mass is 234 g/mol. The molecule has 2 rings (SSSR count). The van der Waals surface area contributed by atoms with Crippen molar-refractivity contribution in [2.24, 2.45) is 5.84 Å². The first-order chi connectivity index (χ1) is 8.10. The SMILES string of the molecule is Cc1cnn(-c2nc(NN)nc(N(C)C)n2)c1. The quantitative estimate of drug-likeness (QED) is 0.556. The van der Waals surface area contributed by atoms with Gasteiger partial charge in [0, 0.05) is 20.3 Å². The summed E-state index contributed by atoms with van der Waals surface area (Å²) in [7, 11) is 3.68. The van der Waals surface area contributed by atoms with Gasteiger partial charge in [0.15, 0.2) is 0 Å². The standard InChI is InChI=1S/C9H14N8/c1-6-4-11-17(5-6)9-13-7(15-10)12-8(14-9)16(2)3/h4-5H,10H2,1-3H3,(H,12,13,14,15). The smallest absolute Gasteiger partial charge is 0.257 e. The number of hydrazine groups is 1. The second-order valence-electron chi connectivity index (χ2n) is 3.76. The average molecular weight is 234 g/mol. The molecule has 0 atom stereocenters. The molecule has 0 aliphatic carbocycles. The fourth-order valence-electron chi connectivity index (χ4n) is 1.24. The fourth-order valence-corrected chi connectivity index (χ4v) is 1.24. The maximum atomic E-state index is 5.32. The number of nitrogens with two attached hydrogens (primary N) is 1. The second-order valence-corrected chi connectivity index (χ2v) is 3.76. The molecule has 0 saturated carbocycles. The Balaban J connectivity index is 2.49. The van der Waals surface area contributed by atoms with Crippen LogP contribution in [0.3, 0.4) is 0 Å². The number of aryl methyl sites for hydroxylation is 1. The molecule has 0 aromatic carbocycles. The number of nitrogen functional groups attached to an aromatic ring is 1. The predicted molar refractivity (Wildman–Crippen MR) is 63.8 cm³/mol. The van der Waals surface area contributed by atoms with Crippen LogP contribution in [0.5, 0.6) is 0 Å². The van der Waals surface area contributed by atoms with E-state index >= 15 is 0 Å². The van der Waals surface area contributed by atoms with Gasteiger partial charge in [-0.3, -0.25) is 5.43 Å². The zero-order valence-electron chi connectivity index (χ0n) is 9.92. The van der Waals surface area contributed by atoms with Crippen molar-refractivity contribution in [2.45, 2.75) is 6.92 Å². The summed E-state index contributed by atoms with van der Waals surface area (Å²) in [6, 6.07) is 0. The van der Waals surface area contributed by atoms with E-state index in [4.69, 9.17) is 5.84 Å². The molecule has 0 fully saturated rings. The van der Waals surface area contributed by atoms with E-state index in [2.05, 4.69) is 25.5 Å². The first-order valence-corrected chi connectivity index (χ1v) is 5.02. The summed E-state index contributed by atoms with van der Waals surface area (Å²) in [4.78, 5) is 14.3. The molecule has 2 aromatic rings. The molecule has 0 aliphatic rings. The van der Waals surface area contributed by atoms with Gasteiger partial charge in [-0.25, -0.2) is 10.5 Å². The molecule has 17 heavy (non-hydrogen) atoms. The summed E-state index contributed by atoms with van der Waals surface area (Å²) in [5.74, 6) is 6.55. The molecule has 8 heteroatoms. The zero-order valence-corrected chi connectivity index (χ0v) is 9.92. The molecular formula is C9H14N8. The molecule has 2 heterocycles. The van der Waals surface area contributed by atoms with Gasteiger partial charge in [-0.05, 0) is 12.5 Å². The third-order valence-electron chi connectivity index (χ3n) is 2.06. The van der Waals surface area contributed by atoms with Gasteiger partial charge in [0.05, 0.1) is 6.20 Å². The summed E-state index contributed by atoms with van der Waals surface area (Å²) in [6.45, 7) is 1.94. The number of aromatic nitrogens is 5. The molecule has 0 unspecified atom stereocenters. The molecular weight excluding hydrogens is 220 g/mol. The molecule has 8 nitrogen and oxygen atoms in total. The van der Waals surface area contributed by atoms with Crippen LogP contribution in [-0.2, 0) is 0 Å². The highest BCUT2D eigenvalue weighted by atomic mass is 15.4. The van der Waals surface area contributed by atoms with Crippen LogP contribution in [-0.4, -0.2) is 38.8 Å². The van der Waals surface area contributed by atoms with Gasteiger partial charge in [-0.15, -0.1) is 0 Å². The number of nitrogens with one attached hydrogen (secondary N) is 1. The molecule has 0 radical (unpaired) electrons. The van der Waals surface area contributed by atoms with Crippen molar-refractivity contribution in [2.75, 3.05) is 24.4 Å². The maximum Gasteiger partial charge on any atom is 0.257 e. The van der Waals surface area contributed by atoms with Crippen LogP contribution in [0.2, 0.25) is 0 Å². The second kappa shape index (κ2) is 4.34. The summed E-state index contributed by atoms with van der Waals surface area (Å²) >= 11 is 0. The predicted octanol–water partition coefficient (Wildman–Crippen LogP) is -0.283. The van der Waals surface area contributed by atoms with E-state index in [1.165, 1.54) is 0 Å². The van der Waals surface area contributed by atoms with Crippen molar-refractivity contribution in [3.63, 3.8) is 0 Å². The van der Waals surface area contributed by atoms with Gasteiger partial charge in [0.2, 0.25) is 11.9 Å². The van der Waals surface area contributed by atoms with Crippen molar-refractivity contribution >= 4 is 11.9 Å². The largest absolute Gasteiger partial charge is 0.347 e. The summed E-state index contributed by atoms with van der Waals surface area (Å²) in [6.07, 6.45) is 3.56. The Hall–Kier alpha value is -2.22. The number of nitrogens with zero attached hydrogens (tertiary/aromatic N) is 6. The molecule has 90 valence electrons. The lowest BCUT2D eigenvalue weighted by Crippen LogP contribution is -2.19. The van der Waals surface area contributed by atoms with Gasteiger partial charge in [0.25, 0.3) is 5.95 Å². The third-order valence-corrected chi connectivity index (χ3v) is 2.06. The number of hydrogen-bond acceptors (Lipinski definition) is 7. The Labute approximate surface area is 98.5 Å². The van der Waals surface area contributed by atoms with Crippen LogP contribution < -0.4 is 16.2 Å². The summed E-state index contributed by atoms with van der Waals surface area (Å²) < 4.78 is 1.57. The normalized spacial score (nSPS) is 10.4. The van der Waals surface area contributed by atoms with Gasteiger partial charge < -0.3 is 4.90 Å². The maximum absolute atomic E-state index is 5.32. The molecule has 3 N–H and O–H groups in total. The van der Waals surface area contributed by atoms with Gasteiger partial charge in [-0.1, -0.05) is 0 Å². The van der Waals surface area contributed by atoms with Crippen molar-refractivity contribution in [1.82, 2.24) is 24.7 Å². The van der Waals surface area contributed by atoms with Crippen LogP contribution in [0, 0.1) is 6.92 Å². The van der Waals surface area contributed by atoms with Crippen molar-refractivity contribution < 1.29 is 0 Å². The van der Waals surface area contributed by atoms with Gasteiger partial charge >= 0.3 is 0 Å². The minimum Gasteiger partial charge on any atom is -0.347 e. The minimum atomic E-state index is 0.298. The first-order valence-electron chi connectivity index (χ1n) is 5.02. The van der Waals surface area contributed by atoms with Crippen LogP contribution in [0.4, 0.5) is 11.9 Å². The number of rotatable bonds is 3. The van der Waals surface area contributed by atoms with Gasteiger partial charge in [-0.2, -0.15) is 20.1 Å². The highest BCUT2D eigenvalue weighted by molar-refractivity contribution is 5.38. The number of hydrogen-bond donors (Lipinski definition) is 2. The van der Waals surface area contributed by atoms with E-state index in [1.807, 2.05) is 27.2 Å². The van der Waals surface area contributed by atoms with Crippen LogP contribution >= 0.6 is 0 Å². The Morgan fingerprint density at radius 2 is 2.06 bits per heavy atom.